The van der Waals surface area contributed by atoms with Gasteiger partial charge in [0.15, 0.2) is 0 Å². The number of nitrogens with zero attached hydrogens (tertiary/aromatic N) is 2. The van der Waals surface area contributed by atoms with Crippen molar-refractivity contribution in [1.82, 2.24) is 15.2 Å². The fraction of sp³-hybridized carbons (Fsp3) is 0.467. The van der Waals surface area contributed by atoms with Crippen molar-refractivity contribution in [2.75, 3.05) is 19.6 Å². The summed E-state index contributed by atoms with van der Waals surface area (Å²) in [6, 6.07) is 4.24. The third-order valence-electron chi connectivity index (χ3n) is 3.17. The van der Waals surface area contributed by atoms with Crippen LogP contribution in [-0.4, -0.2) is 52.4 Å². The normalized spacial score (nSPS) is 10.1. The van der Waals surface area contributed by atoms with Crippen molar-refractivity contribution in [3.63, 3.8) is 0 Å². The average molecular weight is 307 g/mol. The van der Waals surface area contributed by atoms with Crippen LogP contribution in [-0.2, 0) is 4.79 Å². The summed E-state index contributed by atoms with van der Waals surface area (Å²) in [7, 11) is 0. The Bertz CT molecular complexity index is 541. The molecule has 0 bridgehead atoms. The molecule has 0 saturated heterocycles. The molecule has 0 spiro atoms. The smallest absolute Gasteiger partial charge is 0.354 e. The summed E-state index contributed by atoms with van der Waals surface area (Å²) in [4.78, 5) is 39.9. The molecular formula is C15H21N3O4. The summed E-state index contributed by atoms with van der Waals surface area (Å²) in [6.07, 6.45) is 0.893. The van der Waals surface area contributed by atoms with Crippen molar-refractivity contribution in [3.8, 4) is 0 Å². The van der Waals surface area contributed by atoms with Crippen LogP contribution in [0.15, 0.2) is 18.2 Å². The molecule has 7 nitrogen and oxygen atoms in total. The van der Waals surface area contributed by atoms with E-state index in [0.717, 1.165) is 0 Å². The Morgan fingerprint density at radius 2 is 1.82 bits per heavy atom. The highest BCUT2D eigenvalue weighted by atomic mass is 16.4. The van der Waals surface area contributed by atoms with E-state index in [1.165, 1.54) is 18.2 Å². The van der Waals surface area contributed by atoms with Gasteiger partial charge >= 0.3 is 5.97 Å². The number of carbonyl (C=O) groups excluding carboxylic acids is 2. The predicted molar refractivity (Wildman–Crippen MR) is 80.7 cm³/mol. The second-order valence-corrected chi connectivity index (χ2v) is 4.64. The standard InChI is InChI=1S/C15H21N3O4/c1-3-18(4-2)13(19)9-6-10-16-14(20)11-7-5-8-12(17-11)15(21)22/h5,7-8H,3-4,6,9-10H2,1-2H3,(H,16,20)(H,21,22). The van der Waals surface area contributed by atoms with Gasteiger partial charge < -0.3 is 15.3 Å². The maximum atomic E-state index is 11.8. The molecule has 0 aliphatic carbocycles. The van der Waals surface area contributed by atoms with Crippen molar-refractivity contribution >= 4 is 17.8 Å². The molecule has 0 saturated carbocycles. The van der Waals surface area contributed by atoms with Crippen molar-refractivity contribution < 1.29 is 19.5 Å². The first-order valence-electron chi connectivity index (χ1n) is 7.25. The molecule has 1 aromatic rings. The maximum Gasteiger partial charge on any atom is 0.354 e. The molecule has 1 rings (SSSR count). The Balaban J connectivity index is 2.42. The van der Waals surface area contributed by atoms with Gasteiger partial charge in [-0.15, -0.1) is 0 Å². The van der Waals surface area contributed by atoms with Crippen LogP contribution in [0.2, 0.25) is 0 Å². The summed E-state index contributed by atoms with van der Waals surface area (Å²) in [5.41, 5.74) is -0.126. The van der Waals surface area contributed by atoms with Gasteiger partial charge in [-0.25, -0.2) is 9.78 Å². The van der Waals surface area contributed by atoms with Gasteiger partial charge in [0.2, 0.25) is 5.91 Å². The topological polar surface area (TPSA) is 99.6 Å². The van der Waals surface area contributed by atoms with Crippen molar-refractivity contribution in [2.24, 2.45) is 0 Å². The zero-order valence-corrected chi connectivity index (χ0v) is 12.8. The second-order valence-electron chi connectivity index (χ2n) is 4.64. The Morgan fingerprint density at radius 3 is 2.41 bits per heavy atom. The summed E-state index contributed by atoms with van der Waals surface area (Å²) < 4.78 is 0. The van der Waals surface area contributed by atoms with E-state index in [2.05, 4.69) is 10.3 Å². The number of aromatic carboxylic acids is 1. The second kappa shape index (κ2) is 8.76. The number of amides is 2. The zero-order chi connectivity index (χ0) is 16.5. The van der Waals surface area contributed by atoms with Crippen LogP contribution in [0.3, 0.4) is 0 Å². The molecule has 2 amide bonds. The van der Waals surface area contributed by atoms with Gasteiger partial charge in [-0.05, 0) is 32.4 Å². The lowest BCUT2D eigenvalue weighted by Crippen LogP contribution is -2.31. The lowest BCUT2D eigenvalue weighted by atomic mass is 10.2. The fourth-order valence-electron chi connectivity index (χ4n) is 1.95. The number of carboxylic acids is 1. The van der Waals surface area contributed by atoms with Crippen LogP contribution in [0.1, 0.15) is 47.7 Å². The number of carboxylic acid groups (broad SMARTS) is 1. The molecule has 1 heterocycles. The third kappa shape index (κ3) is 5.16. The number of aromatic nitrogens is 1. The lowest BCUT2D eigenvalue weighted by molar-refractivity contribution is -0.130. The van der Waals surface area contributed by atoms with E-state index in [4.69, 9.17) is 5.11 Å². The minimum atomic E-state index is -1.18. The molecule has 0 fully saturated rings. The SMILES string of the molecule is CCN(CC)C(=O)CCCNC(=O)c1cccc(C(=O)O)n1. The monoisotopic (exact) mass is 307 g/mol. The highest BCUT2D eigenvalue weighted by Gasteiger charge is 2.12. The zero-order valence-electron chi connectivity index (χ0n) is 12.8. The molecule has 120 valence electrons. The van der Waals surface area contributed by atoms with Crippen molar-refractivity contribution in [2.45, 2.75) is 26.7 Å². The molecular weight excluding hydrogens is 286 g/mol. The molecule has 2 N–H and O–H groups in total. The van der Waals surface area contributed by atoms with Crippen LogP contribution < -0.4 is 5.32 Å². The van der Waals surface area contributed by atoms with Crippen LogP contribution in [0.5, 0.6) is 0 Å². The minimum absolute atomic E-state index is 0.0509. The summed E-state index contributed by atoms with van der Waals surface area (Å²) >= 11 is 0. The Labute approximate surface area is 129 Å². The quantitative estimate of drug-likeness (QED) is 0.702. The van der Waals surface area contributed by atoms with Crippen LogP contribution in [0.4, 0.5) is 0 Å². The molecule has 1 aromatic heterocycles. The van der Waals surface area contributed by atoms with Crippen molar-refractivity contribution in [3.05, 3.63) is 29.6 Å². The van der Waals surface area contributed by atoms with Gasteiger partial charge in [-0.1, -0.05) is 6.07 Å². The summed E-state index contributed by atoms with van der Waals surface area (Å²) in [5.74, 6) is -1.57. The number of hydrogen-bond donors (Lipinski definition) is 2. The molecule has 0 radical (unpaired) electrons. The first-order valence-corrected chi connectivity index (χ1v) is 7.25. The van der Waals surface area contributed by atoms with Crippen molar-refractivity contribution in [1.29, 1.82) is 0 Å². The largest absolute Gasteiger partial charge is 0.477 e. The fourth-order valence-corrected chi connectivity index (χ4v) is 1.95. The molecule has 7 heteroatoms. The molecule has 0 aromatic carbocycles. The van der Waals surface area contributed by atoms with Crippen LogP contribution in [0, 0.1) is 0 Å². The van der Waals surface area contributed by atoms with E-state index in [9.17, 15) is 14.4 Å². The van der Waals surface area contributed by atoms with E-state index in [1.807, 2.05) is 13.8 Å². The number of hydrogen-bond acceptors (Lipinski definition) is 4. The molecule has 22 heavy (non-hydrogen) atoms. The van der Waals surface area contributed by atoms with E-state index in [1.54, 1.807) is 4.90 Å². The third-order valence-corrected chi connectivity index (χ3v) is 3.17. The first-order chi connectivity index (χ1) is 10.5. The van der Waals surface area contributed by atoms with Gasteiger partial charge in [0.05, 0.1) is 0 Å². The Morgan fingerprint density at radius 1 is 1.18 bits per heavy atom. The average Bonchev–Trinajstić information content (AvgIpc) is 2.52. The van der Waals surface area contributed by atoms with Crippen LogP contribution >= 0.6 is 0 Å². The Hall–Kier alpha value is -2.44. The number of carbonyl (C=O) groups is 3. The summed E-state index contributed by atoms with van der Waals surface area (Å²) in [5, 5.41) is 11.5. The minimum Gasteiger partial charge on any atom is -0.477 e. The first kappa shape index (κ1) is 17.6. The molecule has 0 atom stereocenters. The van der Waals surface area contributed by atoms with E-state index in [0.29, 0.717) is 32.5 Å². The number of rotatable bonds is 8. The van der Waals surface area contributed by atoms with Gasteiger partial charge in [-0.3, -0.25) is 9.59 Å². The van der Waals surface area contributed by atoms with E-state index in [-0.39, 0.29) is 17.3 Å². The van der Waals surface area contributed by atoms with Gasteiger partial charge in [0.1, 0.15) is 11.4 Å². The number of pyridine rings is 1. The van der Waals surface area contributed by atoms with Gasteiger partial charge in [-0.2, -0.15) is 0 Å². The van der Waals surface area contributed by atoms with Crippen LogP contribution in [0.25, 0.3) is 0 Å². The van der Waals surface area contributed by atoms with E-state index >= 15 is 0 Å². The highest BCUT2D eigenvalue weighted by Crippen LogP contribution is 2.01. The Kier molecular flexibility index (Phi) is 7.01. The van der Waals surface area contributed by atoms with Gasteiger partial charge in [0, 0.05) is 26.1 Å². The predicted octanol–water partition coefficient (Wildman–Crippen LogP) is 1.16. The lowest BCUT2D eigenvalue weighted by Gasteiger charge is -2.18. The highest BCUT2D eigenvalue weighted by molar-refractivity contribution is 5.94. The van der Waals surface area contributed by atoms with Gasteiger partial charge in [0.25, 0.3) is 5.91 Å². The maximum absolute atomic E-state index is 11.8. The summed E-state index contributed by atoms with van der Waals surface area (Å²) in [6.45, 7) is 5.53. The molecule has 0 unspecified atom stereocenters. The molecule has 0 aliphatic heterocycles. The van der Waals surface area contributed by atoms with E-state index < -0.39 is 11.9 Å². The molecule has 0 aliphatic rings. The number of nitrogens with one attached hydrogen (secondary N) is 1.